The maximum absolute atomic E-state index is 2.49. The Morgan fingerprint density at radius 3 is 1.44 bits per heavy atom. The fourth-order valence-electron chi connectivity index (χ4n) is 11.6. The molecular formula is C66H56N2. The maximum Gasteiger partial charge on any atom is 0.0540 e. The molecule has 1 unspecified atom stereocenters. The Labute approximate surface area is 401 Å². The third-order valence-corrected chi connectivity index (χ3v) is 15.1. The molecule has 2 aliphatic carbocycles. The van der Waals surface area contributed by atoms with Crippen LogP contribution < -0.4 is 9.80 Å². The Morgan fingerprint density at radius 2 is 0.853 bits per heavy atom. The first kappa shape index (κ1) is 41.7. The minimum Gasteiger partial charge on any atom is -0.310 e. The van der Waals surface area contributed by atoms with Gasteiger partial charge in [-0.25, -0.2) is 0 Å². The molecule has 0 N–H and O–H groups in total. The van der Waals surface area contributed by atoms with E-state index in [1.165, 1.54) is 77.2 Å². The van der Waals surface area contributed by atoms with Crippen LogP contribution in [0, 0.1) is 0 Å². The third kappa shape index (κ3) is 6.93. The van der Waals surface area contributed by atoms with Gasteiger partial charge in [0.1, 0.15) is 0 Å². The number of rotatable bonds is 8. The van der Waals surface area contributed by atoms with Crippen molar-refractivity contribution in [3.05, 3.63) is 241 Å². The number of anilines is 6. The Bertz CT molecular complexity index is 3560. The second-order valence-electron chi connectivity index (χ2n) is 21.0. The normalized spacial score (nSPS) is 15.6. The van der Waals surface area contributed by atoms with Crippen molar-refractivity contribution in [3.63, 3.8) is 0 Å². The summed E-state index contributed by atoms with van der Waals surface area (Å²) < 4.78 is 0. The number of hydrogen-bond donors (Lipinski definition) is 0. The van der Waals surface area contributed by atoms with E-state index >= 15 is 0 Å². The highest BCUT2D eigenvalue weighted by molar-refractivity contribution is 6.01. The zero-order valence-corrected chi connectivity index (χ0v) is 39.9. The van der Waals surface area contributed by atoms with Gasteiger partial charge in [0, 0.05) is 38.9 Å². The predicted octanol–water partition coefficient (Wildman–Crippen LogP) is 18.5. The second-order valence-corrected chi connectivity index (χ2v) is 21.0. The molecule has 0 amide bonds. The van der Waals surface area contributed by atoms with E-state index < -0.39 is 0 Å². The van der Waals surface area contributed by atoms with Crippen LogP contribution in [0.25, 0.3) is 54.9 Å². The number of nitrogens with zero attached hydrogens (tertiary/aromatic N) is 2. The summed E-state index contributed by atoms with van der Waals surface area (Å²) >= 11 is 0. The number of hydrogen-bond acceptors (Lipinski definition) is 2. The molecule has 0 radical (unpaired) electrons. The zero-order chi connectivity index (χ0) is 46.4. The lowest BCUT2D eigenvalue weighted by Gasteiger charge is -2.41. The van der Waals surface area contributed by atoms with Gasteiger partial charge >= 0.3 is 0 Å². The largest absolute Gasteiger partial charge is 0.310 e. The summed E-state index contributed by atoms with van der Waals surface area (Å²) in [6, 6.07) is 81.4. The molecule has 0 aliphatic heterocycles. The topological polar surface area (TPSA) is 6.48 Å². The van der Waals surface area contributed by atoms with Crippen LogP contribution in [0.1, 0.15) is 70.2 Å². The lowest BCUT2D eigenvalue weighted by molar-refractivity contribution is 0.360. The highest BCUT2D eigenvalue weighted by Crippen LogP contribution is 2.58. The molecule has 0 aromatic heterocycles. The molecule has 0 spiro atoms. The van der Waals surface area contributed by atoms with E-state index in [1.807, 2.05) is 0 Å². The Balaban J connectivity index is 0.914. The molecule has 0 heterocycles. The van der Waals surface area contributed by atoms with E-state index in [1.54, 1.807) is 0 Å². The first-order valence-electron chi connectivity index (χ1n) is 24.2. The van der Waals surface area contributed by atoms with Gasteiger partial charge in [0.2, 0.25) is 0 Å². The van der Waals surface area contributed by atoms with E-state index in [0.29, 0.717) is 0 Å². The van der Waals surface area contributed by atoms with E-state index in [2.05, 4.69) is 270 Å². The fraction of sp³-hybridized carbons (Fsp3) is 0.152. The molecule has 2 aliphatic rings. The summed E-state index contributed by atoms with van der Waals surface area (Å²) in [7, 11) is 0. The molecular weight excluding hydrogens is 821 g/mol. The number of benzene rings is 10. The van der Waals surface area contributed by atoms with Crippen molar-refractivity contribution < 1.29 is 0 Å². The molecule has 0 saturated heterocycles. The molecule has 10 aromatic carbocycles. The van der Waals surface area contributed by atoms with Gasteiger partial charge in [0.15, 0.2) is 0 Å². The van der Waals surface area contributed by atoms with Crippen molar-refractivity contribution in [1.82, 2.24) is 0 Å². The molecule has 0 fully saturated rings. The SMILES string of the molecule is CC(C)(C)c1cccc(N(c2ccc(-c3ccc(N(c4cccc(-c5ccc6c(c5)C5(C)CC(C)(C)c7ccc-6c5c7)c4)c4cccc5ccccc45)cc3)cc2)c2cccc3ccccc23)c1. The van der Waals surface area contributed by atoms with Crippen molar-refractivity contribution >= 4 is 55.7 Å². The third-order valence-electron chi connectivity index (χ3n) is 15.1. The van der Waals surface area contributed by atoms with Gasteiger partial charge in [0.25, 0.3) is 0 Å². The quantitative estimate of drug-likeness (QED) is 0.150. The highest BCUT2D eigenvalue weighted by Gasteiger charge is 2.47. The smallest absolute Gasteiger partial charge is 0.0540 e. The van der Waals surface area contributed by atoms with Gasteiger partial charge in [0.05, 0.1) is 11.4 Å². The van der Waals surface area contributed by atoms with Crippen molar-refractivity contribution in [2.45, 2.75) is 64.2 Å². The molecule has 10 aromatic rings. The van der Waals surface area contributed by atoms with Gasteiger partial charge in [-0.15, -0.1) is 0 Å². The van der Waals surface area contributed by atoms with Gasteiger partial charge in [-0.05, 0) is 150 Å². The Kier molecular flexibility index (Phi) is 9.64. The van der Waals surface area contributed by atoms with E-state index in [9.17, 15) is 0 Å². The Morgan fingerprint density at radius 1 is 0.382 bits per heavy atom. The maximum atomic E-state index is 2.49. The van der Waals surface area contributed by atoms with Crippen molar-refractivity contribution in [3.8, 4) is 33.4 Å². The zero-order valence-electron chi connectivity index (χ0n) is 39.9. The summed E-state index contributed by atoms with van der Waals surface area (Å²) in [5, 5.41) is 4.88. The molecule has 2 heteroatoms. The molecule has 2 bridgehead atoms. The summed E-state index contributed by atoms with van der Waals surface area (Å²) in [6.45, 7) is 14.1. The molecule has 330 valence electrons. The van der Waals surface area contributed by atoms with Crippen LogP contribution in [-0.4, -0.2) is 0 Å². The standard InChI is InChI=1S/C66H56N2/c1-64(2,3)50-20-14-22-55(41-50)68(63-26-13-18-47-16-8-10-24-57(47)63)53-35-29-45(30-36-53)44-27-33-52(34-28-44)67(62-25-12-17-46-15-7-9-23-56(46)62)54-21-11-19-48(39-54)49-31-37-58-59-38-32-51-42-61(59)66(6,60(58)40-49)43-65(51,4)5/h7-42H,43H2,1-6H3. The van der Waals surface area contributed by atoms with Crippen LogP contribution in [0.5, 0.6) is 0 Å². The predicted molar refractivity (Wildman–Crippen MR) is 290 cm³/mol. The minimum absolute atomic E-state index is 0.0126. The fourth-order valence-corrected chi connectivity index (χ4v) is 11.6. The summed E-state index contributed by atoms with van der Waals surface area (Å²) in [6.07, 6.45) is 1.11. The van der Waals surface area contributed by atoms with Crippen LogP contribution in [0.2, 0.25) is 0 Å². The minimum atomic E-state index is -0.0126. The summed E-state index contributed by atoms with van der Waals surface area (Å²) in [5.74, 6) is 0. The van der Waals surface area contributed by atoms with Gasteiger partial charge < -0.3 is 9.80 Å². The van der Waals surface area contributed by atoms with Crippen LogP contribution in [0.15, 0.2) is 218 Å². The average Bonchev–Trinajstić information content (AvgIpc) is 3.62. The lowest BCUT2D eigenvalue weighted by Crippen LogP contribution is -2.35. The molecule has 0 saturated carbocycles. The first-order chi connectivity index (χ1) is 32.9. The average molecular weight is 877 g/mol. The van der Waals surface area contributed by atoms with Crippen LogP contribution in [0.4, 0.5) is 34.1 Å². The van der Waals surface area contributed by atoms with Crippen LogP contribution in [0.3, 0.4) is 0 Å². The number of fused-ring (bicyclic) bond motifs is 6. The van der Waals surface area contributed by atoms with Gasteiger partial charge in [-0.3, -0.25) is 0 Å². The molecule has 12 rings (SSSR count). The molecule has 68 heavy (non-hydrogen) atoms. The van der Waals surface area contributed by atoms with Gasteiger partial charge in [-0.1, -0.05) is 193 Å². The van der Waals surface area contributed by atoms with Crippen molar-refractivity contribution in [1.29, 1.82) is 0 Å². The highest BCUT2D eigenvalue weighted by atomic mass is 15.1. The monoisotopic (exact) mass is 876 g/mol. The Hall–Kier alpha value is -7.68. The van der Waals surface area contributed by atoms with Crippen LogP contribution in [-0.2, 0) is 16.2 Å². The summed E-state index contributed by atoms with van der Waals surface area (Å²) in [5.41, 5.74) is 20.2. The molecule has 2 nitrogen and oxygen atoms in total. The second kappa shape index (κ2) is 15.7. The molecule has 1 atom stereocenters. The van der Waals surface area contributed by atoms with Crippen molar-refractivity contribution in [2.24, 2.45) is 0 Å². The van der Waals surface area contributed by atoms with Crippen molar-refractivity contribution in [2.75, 3.05) is 9.80 Å². The van der Waals surface area contributed by atoms with E-state index in [0.717, 1.165) is 40.5 Å². The van der Waals surface area contributed by atoms with E-state index in [-0.39, 0.29) is 16.2 Å². The van der Waals surface area contributed by atoms with E-state index in [4.69, 9.17) is 0 Å². The van der Waals surface area contributed by atoms with Crippen LogP contribution >= 0.6 is 0 Å². The van der Waals surface area contributed by atoms with Gasteiger partial charge in [-0.2, -0.15) is 0 Å². The lowest BCUT2D eigenvalue weighted by atomic mass is 9.62. The summed E-state index contributed by atoms with van der Waals surface area (Å²) in [4.78, 5) is 4.84. The first-order valence-corrected chi connectivity index (χ1v) is 24.2.